The maximum absolute atomic E-state index is 12.8. The molecule has 0 bridgehead atoms. The van der Waals surface area contributed by atoms with E-state index in [1.807, 2.05) is 12.1 Å². The molecular weight excluding hydrogens is 347 g/mol. The fourth-order valence-electron chi connectivity index (χ4n) is 2.35. The van der Waals surface area contributed by atoms with Crippen LogP contribution in [-0.4, -0.2) is 31.5 Å². The second kappa shape index (κ2) is 10.1. The maximum atomic E-state index is 12.8. The van der Waals surface area contributed by atoms with E-state index in [4.69, 9.17) is 4.74 Å². The highest BCUT2D eigenvalue weighted by Gasteiger charge is 2.13. The number of nitrogens with one attached hydrogen (secondary N) is 2. The van der Waals surface area contributed by atoms with E-state index in [1.54, 1.807) is 44.4 Å². The van der Waals surface area contributed by atoms with Crippen molar-refractivity contribution >= 4 is 17.9 Å². The Hall–Kier alpha value is -3.15. The summed E-state index contributed by atoms with van der Waals surface area (Å²) in [4.78, 5) is 24.0. The molecule has 0 aliphatic heterocycles. The normalized spacial score (nSPS) is 11.8. The van der Waals surface area contributed by atoms with Gasteiger partial charge in [-0.3, -0.25) is 9.59 Å². The molecule has 142 valence electrons. The van der Waals surface area contributed by atoms with Crippen LogP contribution in [0.3, 0.4) is 0 Å². The van der Waals surface area contributed by atoms with E-state index in [-0.39, 0.29) is 17.6 Å². The third kappa shape index (κ3) is 6.93. The van der Waals surface area contributed by atoms with Gasteiger partial charge in [-0.2, -0.15) is 0 Å². The highest BCUT2D eigenvalue weighted by Crippen LogP contribution is 2.12. The minimum atomic E-state index is -0.661. The van der Waals surface area contributed by atoms with E-state index < -0.39 is 6.04 Å². The molecule has 1 unspecified atom stereocenters. The van der Waals surface area contributed by atoms with Gasteiger partial charge in [0.2, 0.25) is 11.8 Å². The van der Waals surface area contributed by atoms with Crippen molar-refractivity contribution in [2.75, 3.05) is 13.7 Å². The Morgan fingerprint density at radius 1 is 1.11 bits per heavy atom. The first-order chi connectivity index (χ1) is 13.0. The van der Waals surface area contributed by atoms with E-state index in [2.05, 4.69) is 10.6 Å². The van der Waals surface area contributed by atoms with Crippen LogP contribution in [0.25, 0.3) is 6.08 Å². The molecule has 0 aromatic heterocycles. The van der Waals surface area contributed by atoms with E-state index >= 15 is 0 Å². The largest absolute Gasteiger partial charge is 0.497 e. The van der Waals surface area contributed by atoms with Gasteiger partial charge in [0.15, 0.2) is 0 Å². The molecule has 2 aromatic rings. The average molecular weight is 370 g/mol. The van der Waals surface area contributed by atoms with Gasteiger partial charge >= 0.3 is 0 Å². The monoisotopic (exact) mass is 370 g/mol. The standard InChI is InChI=1S/C21H23FN2O3/c1-15(21(26)23-14-13-17-3-8-18(22)9-4-17)24-20(25)12-7-16-5-10-19(27-2)11-6-16/h3-12,15H,13-14H2,1-2H3,(H,23,26)(H,24,25)/b12-7+. The molecule has 2 N–H and O–H groups in total. The highest BCUT2D eigenvalue weighted by molar-refractivity contribution is 5.95. The Kier molecular flexibility index (Phi) is 7.55. The maximum Gasteiger partial charge on any atom is 0.244 e. The Balaban J connectivity index is 1.74. The molecule has 0 spiro atoms. The first-order valence-electron chi connectivity index (χ1n) is 8.62. The molecule has 27 heavy (non-hydrogen) atoms. The minimum absolute atomic E-state index is 0.275. The van der Waals surface area contributed by atoms with E-state index in [9.17, 15) is 14.0 Å². The summed E-state index contributed by atoms with van der Waals surface area (Å²) in [7, 11) is 1.59. The summed E-state index contributed by atoms with van der Waals surface area (Å²) >= 11 is 0. The molecule has 0 heterocycles. The fraction of sp³-hybridized carbons (Fsp3) is 0.238. The number of rotatable bonds is 8. The summed E-state index contributed by atoms with van der Waals surface area (Å²) in [6.45, 7) is 2.03. The summed E-state index contributed by atoms with van der Waals surface area (Å²) in [6, 6.07) is 12.7. The number of methoxy groups -OCH3 is 1. The van der Waals surface area contributed by atoms with Crippen LogP contribution in [-0.2, 0) is 16.0 Å². The molecule has 0 fully saturated rings. The quantitative estimate of drug-likeness (QED) is 0.702. The summed E-state index contributed by atoms with van der Waals surface area (Å²) in [5.41, 5.74) is 1.78. The molecule has 0 radical (unpaired) electrons. The Labute approximate surface area is 158 Å². The van der Waals surface area contributed by atoms with Gasteiger partial charge in [-0.25, -0.2) is 4.39 Å². The summed E-state index contributed by atoms with van der Waals surface area (Å²) < 4.78 is 17.9. The molecule has 1 atom stereocenters. The van der Waals surface area contributed by atoms with Gasteiger partial charge in [0, 0.05) is 12.6 Å². The van der Waals surface area contributed by atoms with Crippen molar-refractivity contribution in [3.05, 3.63) is 71.6 Å². The zero-order valence-corrected chi connectivity index (χ0v) is 15.4. The van der Waals surface area contributed by atoms with Gasteiger partial charge in [-0.15, -0.1) is 0 Å². The number of carbonyl (C=O) groups is 2. The van der Waals surface area contributed by atoms with Crippen molar-refractivity contribution < 1.29 is 18.7 Å². The second-order valence-corrected chi connectivity index (χ2v) is 6.00. The second-order valence-electron chi connectivity index (χ2n) is 6.00. The lowest BCUT2D eigenvalue weighted by Crippen LogP contribution is -2.44. The number of halogens is 1. The predicted molar refractivity (Wildman–Crippen MR) is 103 cm³/mol. The van der Waals surface area contributed by atoms with Crippen LogP contribution >= 0.6 is 0 Å². The van der Waals surface area contributed by atoms with E-state index in [0.29, 0.717) is 13.0 Å². The molecule has 5 nitrogen and oxygen atoms in total. The van der Waals surface area contributed by atoms with Gasteiger partial charge in [0.1, 0.15) is 17.6 Å². The summed E-state index contributed by atoms with van der Waals surface area (Å²) in [5.74, 6) is -0.181. The van der Waals surface area contributed by atoms with Crippen molar-refractivity contribution in [3.8, 4) is 5.75 Å². The smallest absolute Gasteiger partial charge is 0.244 e. The van der Waals surface area contributed by atoms with Crippen LogP contribution in [0.5, 0.6) is 5.75 Å². The van der Waals surface area contributed by atoms with E-state index in [1.165, 1.54) is 18.2 Å². The summed E-state index contributed by atoms with van der Waals surface area (Å²) in [5, 5.41) is 5.37. The molecule has 2 aromatic carbocycles. The minimum Gasteiger partial charge on any atom is -0.497 e. The predicted octanol–water partition coefficient (Wildman–Crippen LogP) is 2.71. The number of hydrogen-bond donors (Lipinski definition) is 2. The molecule has 0 saturated heterocycles. The first-order valence-corrected chi connectivity index (χ1v) is 8.62. The van der Waals surface area contributed by atoms with E-state index in [0.717, 1.165) is 16.9 Å². The number of ether oxygens (including phenoxy) is 1. The number of benzene rings is 2. The van der Waals surface area contributed by atoms with Crippen LogP contribution in [0.15, 0.2) is 54.6 Å². The van der Waals surface area contributed by atoms with Gasteiger partial charge in [-0.1, -0.05) is 24.3 Å². The van der Waals surface area contributed by atoms with Crippen molar-refractivity contribution in [2.45, 2.75) is 19.4 Å². The third-order valence-corrected chi connectivity index (χ3v) is 3.92. The van der Waals surface area contributed by atoms with Crippen molar-refractivity contribution in [3.63, 3.8) is 0 Å². The van der Waals surface area contributed by atoms with Crippen molar-refractivity contribution in [2.24, 2.45) is 0 Å². The van der Waals surface area contributed by atoms with Crippen molar-refractivity contribution in [1.82, 2.24) is 10.6 Å². The Morgan fingerprint density at radius 2 is 1.78 bits per heavy atom. The molecule has 6 heteroatoms. The zero-order chi connectivity index (χ0) is 19.6. The zero-order valence-electron chi connectivity index (χ0n) is 15.4. The Morgan fingerprint density at radius 3 is 2.41 bits per heavy atom. The molecule has 0 aliphatic rings. The van der Waals surface area contributed by atoms with Gasteiger partial charge in [0.05, 0.1) is 7.11 Å². The molecule has 2 amide bonds. The lowest BCUT2D eigenvalue weighted by Gasteiger charge is -2.13. The number of hydrogen-bond acceptors (Lipinski definition) is 3. The molecule has 0 saturated carbocycles. The lowest BCUT2D eigenvalue weighted by atomic mass is 10.1. The molecule has 0 aliphatic carbocycles. The highest BCUT2D eigenvalue weighted by atomic mass is 19.1. The topological polar surface area (TPSA) is 67.4 Å². The van der Waals surface area contributed by atoms with Crippen LogP contribution in [0.1, 0.15) is 18.1 Å². The van der Waals surface area contributed by atoms with Gasteiger partial charge in [0.25, 0.3) is 0 Å². The number of amides is 2. The van der Waals surface area contributed by atoms with Crippen molar-refractivity contribution in [1.29, 1.82) is 0 Å². The van der Waals surface area contributed by atoms with Crippen LogP contribution in [0.4, 0.5) is 4.39 Å². The lowest BCUT2D eigenvalue weighted by molar-refractivity contribution is -0.126. The molecular formula is C21H23FN2O3. The van der Waals surface area contributed by atoms with Crippen LogP contribution in [0, 0.1) is 5.82 Å². The Bertz CT molecular complexity index is 786. The first kappa shape index (κ1) is 20.2. The van der Waals surface area contributed by atoms with Crippen LogP contribution < -0.4 is 15.4 Å². The average Bonchev–Trinajstić information content (AvgIpc) is 2.68. The molecule has 2 rings (SSSR count). The SMILES string of the molecule is COc1ccc(/C=C/C(=O)NC(C)C(=O)NCCc2ccc(F)cc2)cc1. The van der Waals surface area contributed by atoms with Gasteiger partial charge in [-0.05, 0) is 54.8 Å². The van der Waals surface area contributed by atoms with Gasteiger partial charge < -0.3 is 15.4 Å². The fourth-order valence-corrected chi connectivity index (χ4v) is 2.35. The number of carbonyl (C=O) groups excluding carboxylic acids is 2. The summed E-state index contributed by atoms with van der Waals surface area (Å²) in [6.07, 6.45) is 3.63. The van der Waals surface area contributed by atoms with Crippen LogP contribution in [0.2, 0.25) is 0 Å². The third-order valence-electron chi connectivity index (χ3n) is 3.92.